The third-order valence-corrected chi connectivity index (χ3v) is 7.59. The minimum atomic E-state index is -1.15. The van der Waals surface area contributed by atoms with Crippen molar-refractivity contribution in [2.45, 2.75) is 75.9 Å². The Morgan fingerprint density at radius 2 is 1.73 bits per heavy atom. The molecule has 1 aliphatic heterocycles. The van der Waals surface area contributed by atoms with Gasteiger partial charge in [-0.05, 0) is 62.1 Å². The molecule has 1 saturated heterocycles. The number of carbonyl (C=O) groups is 5. The molecule has 2 saturated carbocycles. The molecule has 2 aliphatic carbocycles. The summed E-state index contributed by atoms with van der Waals surface area (Å²) in [6, 6.07) is 3.06. The lowest BCUT2D eigenvalue weighted by Crippen LogP contribution is -2.54. The van der Waals surface area contributed by atoms with Crippen LogP contribution in [0, 0.1) is 11.8 Å². The Hall–Kier alpha value is -2.65. The summed E-state index contributed by atoms with van der Waals surface area (Å²) in [5.41, 5.74) is 0.770. The van der Waals surface area contributed by atoms with Gasteiger partial charge in [0.15, 0.2) is 0 Å². The van der Waals surface area contributed by atoms with Crippen LogP contribution in [0.2, 0.25) is 10.0 Å². The molecule has 200 valence electrons. The van der Waals surface area contributed by atoms with Crippen LogP contribution >= 0.6 is 23.2 Å². The minimum Gasteiger partial charge on any atom is -0.356 e. The fourth-order valence-electron chi connectivity index (χ4n) is 4.46. The molecule has 9 nitrogen and oxygen atoms in total. The van der Waals surface area contributed by atoms with Gasteiger partial charge in [-0.2, -0.15) is 0 Å². The van der Waals surface area contributed by atoms with Crippen molar-refractivity contribution in [2.24, 2.45) is 11.8 Å². The molecule has 11 heteroatoms. The fraction of sp³-hybridized carbons (Fsp3) is 0.577. The van der Waals surface area contributed by atoms with Gasteiger partial charge in [0, 0.05) is 35.0 Å². The number of rotatable bonds is 13. The van der Waals surface area contributed by atoms with Crippen LogP contribution in [0.4, 0.5) is 0 Å². The molecular formula is C26H32Cl2N4O5. The first-order valence-electron chi connectivity index (χ1n) is 12.9. The van der Waals surface area contributed by atoms with E-state index in [0.29, 0.717) is 41.8 Å². The normalized spacial score (nSPS) is 20.5. The maximum Gasteiger partial charge on any atom is 0.289 e. The predicted octanol–water partition coefficient (Wildman–Crippen LogP) is 2.07. The van der Waals surface area contributed by atoms with Gasteiger partial charge in [-0.1, -0.05) is 42.1 Å². The van der Waals surface area contributed by atoms with Crippen molar-refractivity contribution in [3.05, 3.63) is 33.8 Å². The summed E-state index contributed by atoms with van der Waals surface area (Å²) >= 11 is 12.1. The average Bonchev–Trinajstić information content (AvgIpc) is 3.78. The first-order valence-corrected chi connectivity index (χ1v) is 13.6. The highest BCUT2D eigenvalue weighted by atomic mass is 35.5. The molecular weight excluding hydrogens is 519 g/mol. The molecule has 37 heavy (non-hydrogen) atoms. The van der Waals surface area contributed by atoms with E-state index < -0.39 is 35.6 Å². The summed E-state index contributed by atoms with van der Waals surface area (Å²) in [7, 11) is 0. The van der Waals surface area contributed by atoms with Crippen molar-refractivity contribution < 1.29 is 24.0 Å². The van der Waals surface area contributed by atoms with E-state index in [9.17, 15) is 24.0 Å². The maximum atomic E-state index is 13.3. The van der Waals surface area contributed by atoms with Gasteiger partial charge in [0.25, 0.3) is 5.91 Å². The van der Waals surface area contributed by atoms with Crippen LogP contribution in [0.5, 0.6) is 0 Å². The van der Waals surface area contributed by atoms with E-state index in [1.807, 2.05) is 0 Å². The largest absolute Gasteiger partial charge is 0.356 e. The van der Waals surface area contributed by atoms with Gasteiger partial charge in [0.05, 0.1) is 6.04 Å². The van der Waals surface area contributed by atoms with E-state index in [-0.39, 0.29) is 30.7 Å². The van der Waals surface area contributed by atoms with E-state index in [4.69, 9.17) is 23.2 Å². The molecule has 1 heterocycles. The van der Waals surface area contributed by atoms with Crippen LogP contribution in [-0.2, 0) is 30.4 Å². The SMILES string of the molecule is O=C(CCc1ccc(Cl)cc1Cl)NC(CC1CC1)C(=O)NC(CC1CCNC1=O)C(=O)C(=O)NC1CC1. The number of nitrogens with one attached hydrogen (secondary N) is 4. The number of aryl methyl sites for hydroxylation is 1. The molecule has 4 amide bonds. The van der Waals surface area contributed by atoms with Gasteiger partial charge in [0.2, 0.25) is 23.5 Å². The van der Waals surface area contributed by atoms with Crippen LogP contribution < -0.4 is 21.3 Å². The highest BCUT2D eigenvalue weighted by Crippen LogP contribution is 2.33. The lowest BCUT2D eigenvalue weighted by atomic mass is 9.95. The summed E-state index contributed by atoms with van der Waals surface area (Å²) in [5.74, 6) is -2.73. The van der Waals surface area contributed by atoms with Crippen molar-refractivity contribution in [1.82, 2.24) is 21.3 Å². The first-order chi connectivity index (χ1) is 17.7. The highest BCUT2D eigenvalue weighted by Gasteiger charge is 2.38. The third-order valence-electron chi connectivity index (χ3n) is 7.01. The quantitative estimate of drug-likeness (QED) is 0.279. The Kier molecular flexibility index (Phi) is 9.08. The molecule has 0 radical (unpaired) electrons. The summed E-state index contributed by atoms with van der Waals surface area (Å²) in [6.45, 7) is 0.491. The van der Waals surface area contributed by atoms with E-state index >= 15 is 0 Å². The topological polar surface area (TPSA) is 133 Å². The number of hydrogen-bond acceptors (Lipinski definition) is 5. The number of Topliss-reactive ketones (excluding diaryl/α,β-unsaturated/α-hetero) is 1. The number of benzene rings is 1. The number of hydrogen-bond donors (Lipinski definition) is 4. The third kappa shape index (κ3) is 8.17. The van der Waals surface area contributed by atoms with Gasteiger partial charge in [0.1, 0.15) is 6.04 Å². The predicted molar refractivity (Wildman–Crippen MR) is 138 cm³/mol. The van der Waals surface area contributed by atoms with Gasteiger partial charge >= 0.3 is 0 Å². The molecule has 1 aromatic rings. The van der Waals surface area contributed by atoms with Crippen molar-refractivity contribution >= 4 is 52.6 Å². The maximum absolute atomic E-state index is 13.3. The lowest BCUT2D eigenvalue weighted by molar-refractivity contribution is -0.141. The summed E-state index contributed by atoms with van der Waals surface area (Å²) in [6.07, 6.45) is 5.06. The molecule has 0 spiro atoms. The zero-order chi connectivity index (χ0) is 26.5. The number of amides is 4. The van der Waals surface area contributed by atoms with Crippen LogP contribution in [0.25, 0.3) is 0 Å². The highest BCUT2D eigenvalue weighted by molar-refractivity contribution is 6.38. The van der Waals surface area contributed by atoms with Crippen LogP contribution in [0.3, 0.4) is 0 Å². The van der Waals surface area contributed by atoms with Gasteiger partial charge in [-0.15, -0.1) is 0 Å². The second-order valence-electron chi connectivity index (χ2n) is 10.2. The van der Waals surface area contributed by atoms with E-state index in [0.717, 1.165) is 31.2 Å². The molecule has 4 rings (SSSR count). The average molecular weight is 551 g/mol. The summed E-state index contributed by atoms with van der Waals surface area (Å²) < 4.78 is 0. The Morgan fingerprint density at radius 3 is 2.35 bits per heavy atom. The molecule has 3 unspecified atom stereocenters. The van der Waals surface area contributed by atoms with E-state index in [1.165, 1.54) is 0 Å². The second kappa shape index (κ2) is 12.3. The minimum absolute atomic E-state index is 0.0152. The number of carbonyl (C=O) groups excluding carboxylic acids is 5. The molecule has 3 aliphatic rings. The Balaban J connectivity index is 1.39. The second-order valence-corrected chi connectivity index (χ2v) is 11.1. The number of halogens is 2. The monoisotopic (exact) mass is 550 g/mol. The lowest BCUT2D eigenvalue weighted by Gasteiger charge is -2.24. The van der Waals surface area contributed by atoms with E-state index in [1.54, 1.807) is 18.2 Å². The van der Waals surface area contributed by atoms with Crippen molar-refractivity contribution in [3.63, 3.8) is 0 Å². The molecule has 3 atom stereocenters. The van der Waals surface area contributed by atoms with Crippen molar-refractivity contribution in [1.29, 1.82) is 0 Å². The van der Waals surface area contributed by atoms with Crippen LogP contribution in [0.15, 0.2) is 18.2 Å². The van der Waals surface area contributed by atoms with Crippen LogP contribution in [0.1, 0.15) is 56.9 Å². The molecule has 4 N–H and O–H groups in total. The van der Waals surface area contributed by atoms with E-state index in [2.05, 4.69) is 21.3 Å². The summed E-state index contributed by atoms with van der Waals surface area (Å²) in [5, 5.41) is 11.8. The van der Waals surface area contributed by atoms with Crippen molar-refractivity contribution in [3.8, 4) is 0 Å². The first kappa shape index (κ1) is 27.4. The van der Waals surface area contributed by atoms with Gasteiger partial charge in [-0.3, -0.25) is 24.0 Å². The smallest absolute Gasteiger partial charge is 0.289 e. The molecule has 1 aromatic carbocycles. The summed E-state index contributed by atoms with van der Waals surface area (Å²) in [4.78, 5) is 63.6. The molecule has 0 aromatic heterocycles. The molecule has 0 bridgehead atoms. The fourth-order valence-corrected chi connectivity index (χ4v) is 4.96. The Morgan fingerprint density at radius 1 is 0.973 bits per heavy atom. The zero-order valence-electron chi connectivity index (χ0n) is 20.5. The van der Waals surface area contributed by atoms with Crippen molar-refractivity contribution in [2.75, 3.05) is 6.54 Å². The zero-order valence-corrected chi connectivity index (χ0v) is 22.0. The Bertz CT molecular complexity index is 1070. The standard InChI is InChI=1S/C26H32Cl2N4O5/c27-17-5-3-15(19(28)13-17)4-8-22(33)31-21(11-14-1-2-14)25(36)32-20(12-16-9-10-29-24(16)35)23(34)26(37)30-18-6-7-18/h3,5,13-14,16,18,20-21H,1-2,4,6-12H2,(H,29,35)(H,30,37)(H,31,33)(H,32,36). The number of ketones is 1. The Labute approximate surface area is 225 Å². The molecule has 3 fully saturated rings. The van der Waals surface area contributed by atoms with Gasteiger partial charge < -0.3 is 21.3 Å². The van der Waals surface area contributed by atoms with Crippen LogP contribution in [-0.4, -0.2) is 54.1 Å². The van der Waals surface area contributed by atoms with Gasteiger partial charge in [-0.25, -0.2) is 0 Å².